The minimum atomic E-state index is 0.0436. The summed E-state index contributed by atoms with van der Waals surface area (Å²) in [5.41, 5.74) is 2.15. The number of methoxy groups -OCH3 is 1. The summed E-state index contributed by atoms with van der Waals surface area (Å²) >= 11 is 0. The number of nitrogens with one attached hydrogen (secondary N) is 1. The van der Waals surface area contributed by atoms with Gasteiger partial charge in [0.1, 0.15) is 0 Å². The maximum atomic E-state index is 12.0. The average molecular weight is 284 g/mol. The first-order chi connectivity index (χ1) is 10.2. The molecular weight excluding hydrogens is 264 g/mol. The van der Waals surface area contributed by atoms with Crippen molar-refractivity contribution in [1.29, 1.82) is 0 Å². The van der Waals surface area contributed by atoms with Crippen LogP contribution in [-0.2, 0) is 11.3 Å². The maximum Gasteiger partial charge on any atom is 0.220 e. The van der Waals surface area contributed by atoms with Gasteiger partial charge >= 0.3 is 0 Å². The fourth-order valence-corrected chi connectivity index (χ4v) is 2.12. The van der Waals surface area contributed by atoms with Gasteiger partial charge in [0.2, 0.25) is 11.8 Å². The highest BCUT2D eigenvalue weighted by molar-refractivity contribution is 5.76. The number of benzene rings is 1. The molecule has 0 bridgehead atoms. The van der Waals surface area contributed by atoms with Gasteiger partial charge in [-0.05, 0) is 23.1 Å². The number of nitrogens with zero attached hydrogens (tertiary/aromatic N) is 1. The number of carbonyl (C=O) groups is 1. The topological polar surface area (TPSA) is 51.2 Å². The summed E-state index contributed by atoms with van der Waals surface area (Å²) in [7, 11) is 1.58. The van der Waals surface area contributed by atoms with Crippen molar-refractivity contribution >= 4 is 5.91 Å². The van der Waals surface area contributed by atoms with Crippen molar-refractivity contribution in [3.63, 3.8) is 0 Å². The zero-order valence-electron chi connectivity index (χ0n) is 12.4. The van der Waals surface area contributed by atoms with Gasteiger partial charge in [0.15, 0.2) is 0 Å². The van der Waals surface area contributed by atoms with Crippen LogP contribution in [0, 0.1) is 0 Å². The largest absolute Gasteiger partial charge is 0.481 e. The van der Waals surface area contributed by atoms with Gasteiger partial charge in [-0.1, -0.05) is 37.3 Å². The van der Waals surface area contributed by atoms with Crippen LogP contribution in [0.3, 0.4) is 0 Å². The van der Waals surface area contributed by atoms with Crippen LogP contribution in [0.25, 0.3) is 0 Å². The fraction of sp³-hybridized carbons (Fsp3) is 0.294. The standard InChI is InChI=1S/C17H20N2O2/c1-13(15-6-4-3-5-7-15)10-16(20)19-12-14-8-9-18-17(11-14)21-2/h3-9,11,13H,10,12H2,1-2H3,(H,19,20)/t13-/m1/s1. The molecule has 0 saturated carbocycles. The Hall–Kier alpha value is -2.36. The second-order valence-electron chi connectivity index (χ2n) is 5.00. The molecule has 1 aromatic heterocycles. The van der Waals surface area contributed by atoms with Gasteiger partial charge in [-0.25, -0.2) is 4.98 Å². The highest BCUT2D eigenvalue weighted by atomic mass is 16.5. The van der Waals surface area contributed by atoms with Crippen molar-refractivity contribution in [3.05, 3.63) is 59.8 Å². The Morgan fingerprint density at radius 3 is 2.76 bits per heavy atom. The minimum absolute atomic E-state index is 0.0436. The molecule has 1 amide bonds. The van der Waals surface area contributed by atoms with Crippen LogP contribution in [0.5, 0.6) is 5.88 Å². The zero-order chi connectivity index (χ0) is 15.1. The molecule has 1 aromatic carbocycles. The summed E-state index contributed by atoms with van der Waals surface area (Å²) < 4.78 is 5.06. The number of ether oxygens (including phenoxy) is 1. The van der Waals surface area contributed by atoms with Gasteiger partial charge in [0.05, 0.1) is 7.11 Å². The van der Waals surface area contributed by atoms with Gasteiger partial charge < -0.3 is 10.1 Å². The molecule has 4 nitrogen and oxygen atoms in total. The lowest BCUT2D eigenvalue weighted by atomic mass is 9.97. The molecule has 0 aliphatic heterocycles. The summed E-state index contributed by atoms with van der Waals surface area (Å²) in [4.78, 5) is 16.0. The molecule has 2 aromatic rings. The van der Waals surface area contributed by atoms with E-state index in [9.17, 15) is 4.79 Å². The van der Waals surface area contributed by atoms with Crippen LogP contribution >= 0.6 is 0 Å². The lowest BCUT2D eigenvalue weighted by Crippen LogP contribution is -2.24. The van der Waals surface area contributed by atoms with Crippen molar-refractivity contribution in [2.24, 2.45) is 0 Å². The summed E-state index contributed by atoms with van der Waals surface area (Å²) in [6.07, 6.45) is 2.15. The van der Waals surface area contributed by atoms with E-state index in [-0.39, 0.29) is 11.8 Å². The monoisotopic (exact) mass is 284 g/mol. The molecule has 0 radical (unpaired) electrons. The second-order valence-corrected chi connectivity index (χ2v) is 5.00. The Bertz CT molecular complexity index is 584. The summed E-state index contributed by atoms with van der Waals surface area (Å²) in [5.74, 6) is 0.805. The number of rotatable bonds is 6. The first-order valence-electron chi connectivity index (χ1n) is 6.99. The van der Waals surface area contributed by atoms with Gasteiger partial charge in [-0.15, -0.1) is 0 Å². The molecule has 0 fully saturated rings. The molecule has 4 heteroatoms. The molecule has 0 unspecified atom stereocenters. The number of aromatic nitrogens is 1. The molecule has 0 aliphatic carbocycles. The third-order valence-electron chi connectivity index (χ3n) is 3.36. The van der Waals surface area contributed by atoms with Crippen LogP contribution in [0.2, 0.25) is 0 Å². The Morgan fingerprint density at radius 1 is 1.29 bits per heavy atom. The smallest absolute Gasteiger partial charge is 0.220 e. The van der Waals surface area contributed by atoms with E-state index in [1.54, 1.807) is 13.3 Å². The predicted molar refractivity (Wildman–Crippen MR) is 82.1 cm³/mol. The molecule has 110 valence electrons. The molecule has 21 heavy (non-hydrogen) atoms. The van der Waals surface area contributed by atoms with Gasteiger partial charge in [-0.3, -0.25) is 4.79 Å². The fourth-order valence-electron chi connectivity index (χ4n) is 2.12. The number of hydrogen-bond acceptors (Lipinski definition) is 3. The van der Waals surface area contributed by atoms with Crippen molar-refractivity contribution < 1.29 is 9.53 Å². The number of carbonyl (C=O) groups excluding carboxylic acids is 1. The van der Waals surface area contributed by atoms with Crippen LogP contribution in [0.1, 0.15) is 30.4 Å². The Kier molecular flexibility index (Phi) is 5.32. The van der Waals surface area contributed by atoms with E-state index in [0.717, 1.165) is 5.56 Å². The zero-order valence-corrected chi connectivity index (χ0v) is 12.4. The number of pyridine rings is 1. The Labute approximate surface area is 125 Å². The molecule has 1 heterocycles. The maximum absolute atomic E-state index is 12.0. The second kappa shape index (κ2) is 7.43. The van der Waals surface area contributed by atoms with Crippen molar-refractivity contribution in [2.75, 3.05) is 7.11 Å². The van der Waals surface area contributed by atoms with Crippen LogP contribution in [0.15, 0.2) is 48.7 Å². The first-order valence-corrected chi connectivity index (χ1v) is 6.99. The minimum Gasteiger partial charge on any atom is -0.481 e. The first kappa shape index (κ1) is 15.0. The van der Waals surface area contributed by atoms with E-state index in [4.69, 9.17) is 4.74 Å². The SMILES string of the molecule is COc1cc(CNC(=O)C[C@@H](C)c2ccccc2)ccn1. The van der Waals surface area contributed by atoms with Crippen LogP contribution < -0.4 is 10.1 Å². The lowest BCUT2D eigenvalue weighted by molar-refractivity contribution is -0.121. The number of amides is 1. The van der Waals surface area contributed by atoms with E-state index in [1.165, 1.54) is 5.56 Å². The van der Waals surface area contributed by atoms with Crippen molar-refractivity contribution in [1.82, 2.24) is 10.3 Å². The van der Waals surface area contributed by atoms with Crippen molar-refractivity contribution in [2.45, 2.75) is 25.8 Å². The molecular formula is C17H20N2O2. The number of hydrogen-bond donors (Lipinski definition) is 1. The van der Waals surface area contributed by atoms with Crippen molar-refractivity contribution in [3.8, 4) is 5.88 Å². The third-order valence-corrected chi connectivity index (χ3v) is 3.36. The average Bonchev–Trinajstić information content (AvgIpc) is 2.54. The van der Waals surface area contributed by atoms with E-state index in [1.807, 2.05) is 42.5 Å². The van der Waals surface area contributed by atoms with E-state index < -0.39 is 0 Å². The van der Waals surface area contributed by atoms with E-state index >= 15 is 0 Å². The van der Waals surface area contributed by atoms with Gasteiger partial charge in [-0.2, -0.15) is 0 Å². The normalized spacial score (nSPS) is 11.7. The molecule has 0 saturated heterocycles. The third kappa shape index (κ3) is 4.60. The lowest BCUT2D eigenvalue weighted by Gasteiger charge is -2.12. The van der Waals surface area contributed by atoms with Gasteiger partial charge in [0.25, 0.3) is 0 Å². The predicted octanol–water partition coefficient (Wildman–Crippen LogP) is 2.90. The molecule has 2 rings (SSSR count). The molecule has 0 spiro atoms. The van der Waals surface area contributed by atoms with Crippen LogP contribution in [0.4, 0.5) is 0 Å². The summed E-state index contributed by atoms with van der Waals surface area (Å²) in [6, 6.07) is 13.7. The van der Waals surface area contributed by atoms with Gasteiger partial charge in [0, 0.05) is 25.2 Å². The van der Waals surface area contributed by atoms with Crippen LogP contribution in [-0.4, -0.2) is 18.0 Å². The molecule has 0 aliphatic rings. The Balaban J connectivity index is 1.84. The quantitative estimate of drug-likeness (QED) is 0.887. The highest BCUT2D eigenvalue weighted by Gasteiger charge is 2.10. The van der Waals surface area contributed by atoms with E-state index in [0.29, 0.717) is 18.8 Å². The summed E-state index contributed by atoms with van der Waals surface area (Å²) in [5, 5.41) is 2.93. The Morgan fingerprint density at radius 2 is 2.05 bits per heavy atom. The molecule has 1 N–H and O–H groups in total. The van der Waals surface area contributed by atoms with E-state index in [2.05, 4.69) is 17.2 Å². The highest BCUT2D eigenvalue weighted by Crippen LogP contribution is 2.18. The molecule has 1 atom stereocenters. The summed E-state index contributed by atoms with van der Waals surface area (Å²) in [6.45, 7) is 2.55.